The van der Waals surface area contributed by atoms with Crippen LogP contribution in [-0.4, -0.2) is 35.6 Å². The van der Waals surface area contributed by atoms with E-state index in [0.717, 1.165) is 6.42 Å². The molecular weight excluding hydrogens is 220 g/mol. The van der Waals surface area contributed by atoms with Gasteiger partial charge >= 0.3 is 5.97 Å². The summed E-state index contributed by atoms with van der Waals surface area (Å²) in [5, 5.41) is 14.6. The van der Waals surface area contributed by atoms with Crippen molar-refractivity contribution in [2.75, 3.05) is 6.54 Å². The average Bonchev–Trinajstić information content (AvgIpc) is 2.15. The molecule has 0 aromatic rings. The first-order chi connectivity index (χ1) is 7.95. The summed E-state index contributed by atoms with van der Waals surface area (Å²) in [4.78, 5) is 22.2. The molecule has 1 amide bonds. The van der Waals surface area contributed by atoms with Crippen LogP contribution in [0.5, 0.6) is 0 Å². The lowest BCUT2D eigenvalue weighted by molar-refractivity contribution is -0.137. The topological polar surface area (TPSA) is 78.4 Å². The van der Waals surface area contributed by atoms with Crippen molar-refractivity contribution in [2.45, 2.75) is 58.5 Å². The minimum absolute atomic E-state index is 0.00279. The van der Waals surface area contributed by atoms with E-state index in [1.54, 1.807) is 0 Å². The van der Waals surface area contributed by atoms with E-state index in [1.807, 2.05) is 20.8 Å². The van der Waals surface area contributed by atoms with Gasteiger partial charge in [0.05, 0.1) is 6.42 Å². The third-order valence-corrected chi connectivity index (χ3v) is 2.33. The predicted octanol–water partition coefficient (Wildman–Crippen LogP) is 1.13. The molecule has 100 valence electrons. The van der Waals surface area contributed by atoms with Gasteiger partial charge in [-0.1, -0.05) is 27.2 Å². The number of carbonyl (C=O) groups excluding carboxylic acids is 1. The highest BCUT2D eigenvalue weighted by Gasteiger charge is 2.14. The Morgan fingerprint density at radius 3 is 2.41 bits per heavy atom. The van der Waals surface area contributed by atoms with E-state index >= 15 is 0 Å². The summed E-state index contributed by atoms with van der Waals surface area (Å²) in [6.45, 7) is 6.63. The standard InChI is InChI=1S/C12H24N2O3/c1-4-5-10(8-12(16)17)14-11(15)6-7-13-9(2)3/h9-10,13H,4-8H2,1-3H3,(H,14,15)(H,16,17). The van der Waals surface area contributed by atoms with Crippen molar-refractivity contribution in [1.82, 2.24) is 10.6 Å². The molecule has 0 fully saturated rings. The Morgan fingerprint density at radius 1 is 1.29 bits per heavy atom. The molecular formula is C12H24N2O3. The van der Waals surface area contributed by atoms with Crippen LogP contribution in [0.4, 0.5) is 0 Å². The Morgan fingerprint density at radius 2 is 1.94 bits per heavy atom. The maximum atomic E-state index is 11.5. The van der Waals surface area contributed by atoms with Gasteiger partial charge in [0.15, 0.2) is 0 Å². The molecule has 0 radical (unpaired) electrons. The Balaban J connectivity index is 3.90. The molecule has 1 unspecified atom stereocenters. The molecule has 1 atom stereocenters. The second-order valence-corrected chi connectivity index (χ2v) is 4.51. The largest absolute Gasteiger partial charge is 0.481 e. The van der Waals surface area contributed by atoms with Crippen molar-refractivity contribution in [1.29, 1.82) is 0 Å². The van der Waals surface area contributed by atoms with Crippen LogP contribution >= 0.6 is 0 Å². The summed E-state index contributed by atoms with van der Waals surface area (Å²) in [6, 6.07) is 0.109. The molecule has 0 aromatic heterocycles. The summed E-state index contributed by atoms with van der Waals surface area (Å²) in [5.74, 6) is -0.957. The Hall–Kier alpha value is -1.10. The van der Waals surface area contributed by atoms with Crippen molar-refractivity contribution in [2.24, 2.45) is 0 Å². The second-order valence-electron chi connectivity index (χ2n) is 4.51. The second kappa shape index (κ2) is 8.98. The minimum Gasteiger partial charge on any atom is -0.481 e. The summed E-state index contributed by atoms with van der Waals surface area (Å²) in [6.07, 6.45) is 1.95. The number of carboxylic acid groups (broad SMARTS) is 1. The molecule has 0 bridgehead atoms. The fraction of sp³-hybridized carbons (Fsp3) is 0.833. The lowest BCUT2D eigenvalue weighted by Crippen LogP contribution is -2.38. The first-order valence-corrected chi connectivity index (χ1v) is 6.20. The number of hydrogen-bond donors (Lipinski definition) is 3. The van der Waals surface area contributed by atoms with Crippen LogP contribution < -0.4 is 10.6 Å². The maximum absolute atomic E-state index is 11.5. The van der Waals surface area contributed by atoms with Crippen molar-refractivity contribution < 1.29 is 14.7 Å². The van der Waals surface area contributed by atoms with Crippen LogP contribution in [0.1, 0.15) is 46.5 Å². The summed E-state index contributed by atoms with van der Waals surface area (Å²) in [5.41, 5.74) is 0. The summed E-state index contributed by atoms with van der Waals surface area (Å²) in [7, 11) is 0. The Bertz CT molecular complexity index is 242. The molecule has 5 nitrogen and oxygen atoms in total. The van der Waals surface area contributed by atoms with Gasteiger partial charge in [0.25, 0.3) is 0 Å². The molecule has 0 rings (SSSR count). The third kappa shape index (κ3) is 9.81. The van der Waals surface area contributed by atoms with Gasteiger partial charge in [-0.25, -0.2) is 0 Å². The maximum Gasteiger partial charge on any atom is 0.305 e. The van der Waals surface area contributed by atoms with E-state index in [0.29, 0.717) is 25.4 Å². The van der Waals surface area contributed by atoms with Crippen LogP contribution in [0.2, 0.25) is 0 Å². The number of nitrogens with one attached hydrogen (secondary N) is 2. The van der Waals surface area contributed by atoms with E-state index in [9.17, 15) is 9.59 Å². The number of hydrogen-bond acceptors (Lipinski definition) is 3. The molecule has 0 aromatic carbocycles. The molecule has 0 saturated heterocycles. The first kappa shape index (κ1) is 15.9. The molecule has 0 aliphatic rings. The molecule has 0 aliphatic carbocycles. The molecule has 0 heterocycles. The van der Waals surface area contributed by atoms with Crippen LogP contribution in [0.3, 0.4) is 0 Å². The highest BCUT2D eigenvalue weighted by atomic mass is 16.4. The lowest BCUT2D eigenvalue weighted by atomic mass is 10.1. The fourth-order valence-electron chi connectivity index (χ4n) is 1.56. The molecule has 0 aliphatic heterocycles. The fourth-order valence-corrected chi connectivity index (χ4v) is 1.56. The normalized spacial score (nSPS) is 12.5. The van der Waals surface area contributed by atoms with Crippen molar-refractivity contribution in [3.63, 3.8) is 0 Å². The molecule has 0 spiro atoms. The number of amides is 1. The lowest BCUT2D eigenvalue weighted by Gasteiger charge is -2.16. The van der Waals surface area contributed by atoms with Crippen LogP contribution in [0, 0.1) is 0 Å². The Kier molecular flexibility index (Phi) is 8.40. The monoisotopic (exact) mass is 244 g/mol. The van der Waals surface area contributed by atoms with Crippen LogP contribution in [0.15, 0.2) is 0 Å². The smallest absolute Gasteiger partial charge is 0.305 e. The van der Waals surface area contributed by atoms with E-state index in [4.69, 9.17) is 5.11 Å². The quantitative estimate of drug-likeness (QED) is 0.568. The molecule has 0 saturated carbocycles. The van der Waals surface area contributed by atoms with Crippen molar-refractivity contribution in [3.05, 3.63) is 0 Å². The van der Waals surface area contributed by atoms with Crippen LogP contribution in [-0.2, 0) is 9.59 Å². The predicted molar refractivity (Wildman–Crippen MR) is 66.8 cm³/mol. The highest BCUT2D eigenvalue weighted by Crippen LogP contribution is 2.02. The van der Waals surface area contributed by atoms with Gasteiger partial charge in [0.1, 0.15) is 0 Å². The summed E-state index contributed by atoms with van der Waals surface area (Å²) >= 11 is 0. The zero-order valence-electron chi connectivity index (χ0n) is 11.0. The zero-order chi connectivity index (χ0) is 13.3. The highest BCUT2D eigenvalue weighted by molar-refractivity contribution is 5.77. The SMILES string of the molecule is CCCC(CC(=O)O)NC(=O)CCNC(C)C. The number of aliphatic carboxylic acids is 1. The zero-order valence-corrected chi connectivity index (χ0v) is 11.0. The van der Waals surface area contributed by atoms with E-state index in [2.05, 4.69) is 10.6 Å². The van der Waals surface area contributed by atoms with Crippen molar-refractivity contribution >= 4 is 11.9 Å². The molecule has 17 heavy (non-hydrogen) atoms. The Labute approximate surface area is 103 Å². The van der Waals surface area contributed by atoms with E-state index in [1.165, 1.54) is 0 Å². The van der Waals surface area contributed by atoms with Gasteiger partial charge in [-0.15, -0.1) is 0 Å². The van der Waals surface area contributed by atoms with Gasteiger partial charge in [-0.2, -0.15) is 0 Å². The first-order valence-electron chi connectivity index (χ1n) is 6.20. The van der Waals surface area contributed by atoms with Gasteiger partial charge in [0, 0.05) is 25.0 Å². The summed E-state index contributed by atoms with van der Waals surface area (Å²) < 4.78 is 0. The third-order valence-electron chi connectivity index (χ3n) is 2.33. The van der Waals surface area contributed by atoms with E-state index < -0.39 is 5.97 Å². The number of rotatable bonds is 9. The van der Waals surface area contributed by atoms with Crippen LogP contribution in [0.25, 0.3) is 0 Å². The number of carboxylic acids is 1. The average molecular weight is 244 g/mol. The molecule has 5 heteroatoms. The van der Waals surface area contributed by atoms with Gasteiger partial charge in [-0.05, 0) is 6.42 Å². The molecule has 3 N–H and O–H groups in total. The van der Waals surface area contributed by atoms with Gasteiger partial charge in [0.2, 0.25) is 5.91 Å². The van der Waals surface area contributed by atoms with Crippen molar-refractivity contribution in [3.8, 4) is 0 Å². The van der Waals surface area contributed by atoms with E-state index in [-0.39, 0.29) is 18.4 Å². The van der Waals surface area contributed by atoms with Gasteiger partial charge in [-0.3, -0.25) is 9.59 Å². The van der Waals surface area contributed by atoms with Gasteiger partial charge < -0.3 is 15.7 Å². The minimum atomic E-state index is -0.871. The number of carbonyl (C=O) groups is 2.